The van der Waals surface area contributed by atoms with Crippen LogP contribution in [0.2, 0.25) is 5.02 Å². The van der Waals surface area contributed by atoms with Crippen molar-refractivity contribution in [2.24, 2.45) is 0 Å². The number of halogens is 1. The minimum absolute atomic E-state index is 0.0932. The number of anilines is 1. The minimum atomic E-state index is -0.336. The molecule has 1 amide bonds. The first-order chi connectivity index (χ1) is 8.56. The zero-order valence-electron chi connectivity index (χ0n) is 9.22. The number of nitrogens with one attached hydrogen (secondary N) is 1. The Balaban J connectivity index is 2.16. The topological polar surface area (TPSA) is 69.6 Å². The predicted octanol–water partition coefficient (Wildman–Crippen LogP) is 3.00. The number of rotatable bonds is 2. The minimum Gasteiger partial charge on any atom is -0.508 e. The molecule has 3 N–H and O–H groups in total. The van der Waals surface area contributed by atoms with E-state index in [-0.39, 0.29) is 22.4 Å². The van der Waals surface area contributed by atoms with Crippen LogP contribution < -0.4 is 5.32 Å². The van der Waals surface area contributed by atoms with Crippen LogP contribution >= 0.6 is 11.6 Å². The molecule has 2 aromatic carbocycles. The highest BCUT2D eigenvalue weighted by molar-refractivity contribution is 6.32. The Morgan fingerprint density at radius 3 is 2.33 bits per heavy atom. The van der Waals surface area contributed by atoms with Crippen LogP contribution in [0.4, 0.5) is 5.69 Å². The van der Waals surface area contributed by atoms with Gasteiger partial charge in [-0.15, -0.1) is 0 Å². The van der Waals surface area contributed by atoms with Gasteiger partial charge in [-0.3, -0.25) is 4.79 Å². The molecule has 92 valence electrons. The summed E-state index contributed by atoms with van der Waals surface area (Å²) in [6.45, 7) is 0. The maximum absolute atomic E-state index is 11.8. The third kappa shape index (κ3) is 2.73. The summed E-state index contributed by atoms with van der Waals surface area (Å²) in [4.78, 5) is 11.8. The Hall–Kier alpha value is -2.20. The molecule has 0 aliphatic heterocycles. The van der Waals surface area contributed by atoms with Gasteiger partial charge in [-0.05, 0) is 36.4 Å². The molecular weight excluding hydrogens is 254 g/mol. The molecule has 2 rings (SSSR count). The second-order valence-electron chi connectivity index (χ2n) is 3.67. The number of hydrogen-bond donors (Lipinski definition) is 3. The van der Waals surface area contributed by atoms with Crippen molar-refractivity contribution >= 4 is 23.2 Å². The summed E-state index contributed by atoms with van der Waals surface area (Å²) in [6.07, 6.45) is 0. The van der Waals surface area contributed by atoms with Crippen molar-refractivity contribution in [3.63, 3.8) is 0 Å². The molecule has 5 heteroatoms. The van der Waals surface area contributed by atoms with E-state index in [4.69, 9.17) is 16.7 Å². The van der Waals surface area contributed by atoms with E-state index in [1.807, 2.05) is 0 Å². The van der Waals surface area contributed by atoms with Gasteiger partial charge in [-0.1, -0.05) is 11.6 Å². The van der Waals surface area contributed by atoms with Crippen LogP contribution in [-0.4, -0.2) is 16.1 Å². The largest absolute Gasteiger partial charge is 0.508 e. The van der Waals surface area contributed by atoms with Crippen molar-refractivity contribution in [3.8, 4) is 11.5 Å². The van der Waals surface area contributed by atoms with Gasteiger partial charge in [0, 0.05) is 17.3 Å². The molecule has 0 radical (unpaired) electrons. The van der Waals surface area contributed by atoms with Crippen molar-refractivity contribution in [2.45, 2.75) is 0 Å². The highest BCUT2D eigenvalue weighted by atomic mass is 35.5. The highest BCUT2D eigenvalue weighted by Crippen LogP contribution is 2.26. The predicted molar refractivity (Wildman–Crippen MR) is 69.2 cm³/mol. The molecule has 0 spiro atoms. The zero-order valence-corrected chi connectivity index (χ0v) is 9.98. The Morgan fingerprint density at radius 2 is 1.72 bits per heavy atom. The molecule has 0 heterocycles. The van der Waals surface area contributed by atoms with E-state index in [2.05, 4.69) is 5.32 Å². The van der Waals surface area contributed by atoms with Crippen LogP contribution in [0.25, 0.3) is 0 Å². The van der Waals surface area contributed by atoms with Gasteiger partial charge >= 0.3 is 0 Å². The quantitative estimate of drug-likeness (QED) is 0.780. The smallest absolute Gasteiger partial charge is 0.255 e. The third-order valence-electron chi connectivity index (χ3n) is 2.33. The van der Waals surface area contributed by atoms with Crippen LogP contribution in [0.3, 0.4) is 0 Å². The van der Waals surface area contributed by atoms with Crippen LogP contribution in [-0.2, 0) is 0 Å². The number of benzene rings is 2. The molecule has 0 aliphatic carbocycles. The van der Waals surface area contributed by atoms with Crippen LogP contribution in [0.1, 0.15) is 10.4 Å². The lowest BCUT2D eigenvalue weighted by Crippen LogP contribution is -2.11. The lowest BCUT2D eigenvalue weighted by atomic mass is 10.2. The second kappa shape index (κ2) is 4.98. The SMILES string of the molecule is O=C(Nc1ccc(Cl)c(O)c1)c1ccc(O)cc1. The number of aromatic hydroxyl groups is 2. The first-order valence-electron chi connectivity index (χ1n) is 5.15. The van der Waals surface area contributed by atoms with E-state index in [1.165, 1.54) is 36.4 Å². The molecule has 0 saturated heterocycles. The maximum Gasteiger partial charge on any atom is 0.255 e. The molecule has 0 aromatic heterocycles. The number of carbonyl (C=O) groups excluding carboxylic acids is 1. The Bertz CT molecular complexity index is 581. The number of hydrogen-bond acceptors (Lipinski definition) is 3. The van der Waals surface area contributed by atoms with E-state index in [1.54, 1.807) is 6.07 Å². The summed E-state index contributed by atoms with van der Waals surface area (Å²) in [7, 11) is 0. The monoisotopic (exact) mass is 263 g/mol. The first-order valence-corrected chi connectivity index (χ1v) is 5.53. The van der Waals surface area contributed by atoms with E-state index in [9.17, 15) is 9.90 Å². The molecule has 0 bridgehead atoms. The summed E-state index contributed by atoms with van der Waals surface area (Å²) >= 11 is 5.66. The van der Waals surface area contributed by atoms with Gasteiger partial charge in [0.25, 0.3) is 5.91 Å². The standard InChI is InChI=1S/C13H10ClNO3/c14-11-6-3-9(7-12(11)17)15-13(18)8-1-4-10(16)5-2-8/h1-7,16-17H,(H,15,18). The fourth-order valence-electron chi connectivity index (χ4n) is 1.41. The highest BCUT2D eigenvalue weighted by Gasteiger charge is 2.07. The van der Waals surface area contributed by atoms with Gasteiger partial charge in [0.05, 0.1) is 5.02 Å². The average Bonchev–Trinajstić information content (AvgIpc) is 2.34. The fraction of sp³-hybridized carbons (Fsp3) is 0. The van der Waals surface area contributed by atoms with E-state index in [0.717, 1.165) is 0 Å². The average molecular weight is 264 g/mol. The van der Waals surface area contributed by atoms with E-state index in [0.29, 0.717) is 11.3 Å². The van der Waals surface area contributed by atoms with Crippen LogP contribution in [0.5, 0.6) is 11.5 Å². The van der Waals surface area contributed by atoms with Crippen molar-refractivity contribution < 1.29 is 15.0 Å². The summed E-state index contributed by atoms with van der Waals surface area (Å²) in [6, 6.07) is 10.3. The van der Waals surface area contributed by atoms with Gasteiger partial charge in [0.15, 0.2) is 0 Å². The fourth-order valence-corrected chi connectivity index (χ4v) is 1.52. The number of phenolic OH excluding ortho intramolecular Hbond substituents is 2. The van der Waals surface area contributed by atoms with Crippen molar-refractivity contribution in [2.75, 3.05) is 5.32 Å². The number of carbonyl (C=O) groups is 1. The van der Waals surface area contributed by atoms with Crippen LogP contribution in [0, 0.1) is 0 Å². The van der Waals surface area contributed by atoms with Gasteiger partial charge in [0.2, 0.25) is 0 Å². The van der Waals surface area contributed by atoms with E-state index < -0.39 is 0 Å². The third-order valence-corrected chi connectivity index (χ3v) is 2.65. The second-order valence-corrected chi connectivity index (χ2v) is 4.07. The Kier molecular flexibility index (Phi) is 3.39. The van der Waals surface area contributed by atoms with Crippen LogP contribution in [0.15, 0.2) is 42.5 Å². The van der Waals surface area contributed by atoms with Crippen molar-refractivity contribution in [1.82, 2.24) is 0 Å². The lowest BCUT2D eigenvalue weighted by molar-refractivity contribution is 0.102. The summed E-state index contributed by atoms with van der Waals surface area (Å²) < 4.78 is 0. The van der Waals surface area contributed by atoms with Crippen molar-refractivity contribution in [1.29, 1.82) is 0 Å². The molecule has 0 aliphatic rings. The summed E-state index contributed by atoms with van der Waals surface area (Å²) in [5.74, 6) is -0.340. The Labute approximate surface area is 108 Å². The lowest BCUT2D eigenvalue weighted by Gasteiger charge is -2.06. The molecule has 0 unspecified atom stereocenters. The summed E-state index contributed by atoms with van der Waals surface area (Å²) in [5, 5.41) is 21.3. The normalized spacial score (nSPS) is 10.1. The summed E-state index contributed by atoms with van der Waals surface area (Å²) in [5.41, 5.74) is 0.845. The van der Waals surface area contributed by atoms with Gasteiger partial charge in [-0.2, -0.15) is 0 Å². The molecule has 4 nitrogen and oxygen atoms in total. The molecule has 0 fully saturated rings. The first kappa shape index (κ1) is 12.3. The Morgan fingerprint density at radius 1 is 1.06 bits per heavy atom. The van der Waals surface area contributed by atoms with Gasteiger partial charge in [-0.25, -0.2) is 0 Å². The van der Waals surface area contributed by atoms with Gasteiger partial charge in [0.1, 0.15) is 11.5 Å². The van der Waals surface area contributed by atoms with Gasteiger partial charge < -0.3 is 15.5 Å². The molecular formula is C13H10ClNO3. The van der Waals surface area contributed by atoms with Crippen molar-refractivity contribution in [3.05, 3.63) is 53.1 Å². The zero-order chi connectivity index (χ0) is 13.1. The maximum atomic E-state index is 11.8. The molecule has 2 aromatic rings. The number of amides is 1. The number of phenols is 2. The molecule has 0 saturated carbocycles. The molecule has 18 heavy (non-hydrogen) atoms. The van der Waals surface area contributed by atoms with E-state index >= 15 is 0 Å². The molecule has 0 atom stereocenters.